The average molecular weight is 387 g/mol. The van der Waals surface area contributed by atoms with Crippen molar-refractivity contribution in [3.05, 3.63) is 22.2 Å². The van der Waals surface area contributed by atoms with E-state index in [9.17, 15) is 4.79 Å². The third kappa shape index (κ3) is 4.61. The van der Waals surface area contributed by atoms with Crippen LogP contribution in [0.1, 0.15) is 25.3 Å². The Morgan fingerprint density at radius 1 is 1.30 bits per heavy atom. The van der Waals surface area contributed by atoms with Gasteiger partial charge < -0.3 is 19.1 Å². The summed E-state index contributed by atoms with van der Waals surface area (Å²) in [5.41, 5.74) is 1.11. The quantitative estimate of drug-likeness (QED) is 0.757. The summed E-state index contributed by atoms with van der Waals surface area (Å²) in [5, 5.41) is 0. The first-order chi connectivity index (χ1) is 11.1. The number of carbonyl (C=O) groups excluding carboxylic acids is 1. The zero-order chi connectivity index (χ0) is 16.8. The lowest BCUT2D eigenvalue weighted by atomic mass is 9.97. The molecule has 1 aliphatic heterocycles. The number of rotatable bonds is 6. The zero-order valence-electron chi connectivity index (χ0n) is 14.0. The first-order valence-corrected chi connectivity index (χ1v) is 8.78. The lowest BCUT2D eigenvalue weighted by Gasteiger charge is -2.29. The van der Waals surface area contributed by atoms with Crippen molar-refractivity contribution in [2.24, 2.45) is 5.92 Å². The summed E-state index contributed by atoms with van der Waals surface area (Å²) in [7, 11) is 3.30. The van der Waals surface area contributed by atoms with Crippen LogP contribution in [0.3, 0.4) is 0 Å². The molecule has 2 atom stereocenters. The molecule has 0 aromatic heterocycles. The smallest absolute Gasteiger partial charge is 0.314 e. The van der Waals surface area contributed by atoms with Gasteiger partial charge in [0.2, 0.25) is 0 Å². The molecule has 1 saturated heterocycles. The minimum atomic E-state index is -0.0624. The largest absolute Gasteiger partial charge is 0.496 e. The van der Waals surface area contributed by atoms with Gasteiger partial charge in [-0.25, -0.2) is 0 Å². The van der Waals surface area contributed by atoms with Gasteiger partial charge in [-0.15, -0.1) is 0 Å². The highest BCUT2D eigenvalue weighted by molar-refractivity contribution is 9.10. The highest BCUT2D eigenvalue weighted by atomic mass is 79.9. The Morgan fingerprint density at radius 3 is 2.70 bits per heavy atom. The normalized spacial score (nSPS) is 20.9. The number of nitrogens with one attached hydrogen (secondary N) is 1. The first kappa shape index (κ1) is 18.1. The number of halogens is 1. The van der Waals surface area contributed by atoms with E-state index < -0.39 is 0 Å². The number of methoxy groups -OCH3 is 2. The van der Waals surface area contributed by atoms with E-state index in [-0.39, 0.29) is 11.9 Å². The molecule has 23 heavy (non-hydrogen) atoms. The Kier molecular flexibility index (Phi) is 6.72. The molecule has 1 aliphatic rings. The SMILES string of the molecule is CCOC(=O)[C@H]1CCC[NH+](Cc2cc(Br)c(OC)cc2OC)C1. The summed E-state index contributed by atoms with van der Waals surface area (Å²) >= 11 is 3.53. The van der Waals surface area contributed by atoms with Crippen molar-refractivity contribution in [1.82, 2.24) is 0 Å². The Labute approximate surface area is 146 Å². The van der Waals surface area contributed by atoms with Gasteiger partial charge in [-0.2, -0.15) is 0 Å². The average Bonchev–Trinajstić information content (AvgIpc) is 2.55. The summed E-state index contributed by atoms with van der Waals surface area (Å²) in [6, 6.07) is 3.93. The minimum Gasteiger partial charge on any atom is -0.496 e. The van der Waals surface area contributed by atoms with E-state index in [1.165, 1.54) is 4.90 Å². The number of ether oxygens (including phenoxy) is 3. The number of esters is 1. The molecule has 1 fully saturated rings. The van der Waals surface area contributed by atoms with Gasteiger partial charge in [-0.1, -0.05) is 0 Å². The van der Waals surface area contributed by atoms with Gasteiger partial charge in [-0.05, 0) is 41.8 Å². The van der Waals surface area contributed by atoms with E-state index in [1.54, 1.807) is 14.2 Å². The molecule has 0 aliphatic carbocycles. The molecule has 2 rings (SSSR count). The van der Waals surface area contributed by atoms with Crippen molar-refractivity contribution in [2.45, 2.75) is 26.3 Å². The molecule has 0 amide bonds. The van der Waals surface area contributed by atoms with Crippen LogP contribution >= 0.6 is 15.9 Å². The standard InChI is InChI=1S/C17H24BrNO4/c1-4-23-17(20)12-6-5-7-19(10-12)11-13-8-14(18)16(22-3)9-15(13)21-2/h8-9,12H,4-7,10-11H2,1-3H3/p+1/t12-/m0/s1. The maximum atomic E-state index is 12.0. The second kappa shape index (κ2) is 8.55. The molecular formula is C17H25BrNO4+. The van der Waals surface area contributed by atoms with Crippen LogP contribution in [-0.4, -0.2) is 39.9 Å². The number of piperidine rings is 1. The zero-order valence-corrected chi connectivity index (χ0v) is 15.6. The highest BCUT2D eigenvalue weighted by Gasteiger charge is 2.30. The van der Waals surface area contributed by atoms with E-state index in [4.69, 9.17) is 14.2 Å². The van der Waals surface area contributed by atoms with Crippen LogP contribution in [0.25, 0.3) is 0 Å². The third-order valence-electron chi connectivity index (χ3n) is 4.23. The number of carbonyl (C=O) groups is 1. The van der Waals surface area contributed by atoms with E-state index in [2.05, 4.69) is 15.9 Å². The van der Waals surface area contributed by atoms with Crippen molar-refractivity contribution in [2.75, 3.05) is 33.9 Å². The van der Waals surface area contributed by atoms with E-state index in [1.807, 2.05) is 19.1 Å². The lowest BCUT2D eigenvalue weighted by molar-refractivity contribution is -0.921. The van der Waals surface area contributed by atoms with Crippen LogP contribution in [0, 0.1) is 5.92 Å². The summed E-state index contributed by atoms with van der Waals surface area (Å²) in [6.45, 7) is 4.99. The Balaban J connectivity index is 2.09. The Hall–Kier alpha value is -1.27. The Morgan fingerprint density at radius 2 is 2.04 bits per heavy atom. The van der Waals surface area contributed by atoms with Crippen molar-refractivity contribution in [1.29, 1.82) is 0 Å². The molecular weight excluding hydrogens is 362 g/mol. The summed E-state index contributed by atoms with van der Waals surface area (Å²) in [4.78, 5) is 13.4. The molecule has 0 radical (unpaired) electrons. The molecule has 128 valence electrons. The predicted octanol–water partition coefficient (Wildman–Crippen LogP) is 1.82. The fourth-order valence-corrected chi connectivity index (χ4v) is 3.66. The van der Waals surface area contributed by atoms with Gasteiger partial charge in [0.05, 0.1) is 38.4 Å². The number of likely N-dealkylation sites (tertiary alicyclic amines) is 1. The molecule has 1 N–H and O–H groups in total. The van der Waals surface area contributed by atoms with E-state index in [0.717, 1.165) is 54.0 Å². The molecule has 1 unspecified atom stereocenters. The van der Waals surface area contributed by atoms with E-state index in [0.29, 0.717) is 6.61 Å². The first-order valence-electron chi connectivity index (χ1n) is 7.99. The predicted molar refractivity (Wildman–Crippen MR) is 91.0 cm³/mol. The van der Waals surface area contributed by atoms with Crippen molar-refractivity contribution < 1.29 is 23.9 Å². The van der Waals surface area contributed by atoms with Gasteiger partial charge >= 0.3 is 5.97 Å². The fourth-order valence-electron chi connectivity index (χ4n) is 3.10. The maximum absolute atomic E-state index is 12.0. The van der Waals surface area contributed by atoms with E-state index >= 15 is 0 Å². The molecule has 1 aromatic carbocycles. The van der Waals surface area contributed by atoms with Crippen LogP contribution in [-0.2, 0) is 16.1 Å². The second-order valence-electron chi connectivity index (χ2n) is 5.77. The van der Waals surface area contributed by atoms with Crippen LogP contribution in [0.2, 0.25) is 0 Å². The minimum absolute atomic E-state index is 0.00591. The molecule has 1 heterocycles. The van der Waals surface area contributed by atoms with Crippen molar-refractivity contribution in [3.8, 4) is 11.5 Å². The van der Waals surface area contributed by atoms with Crippen molar-refractivity contribution in [3.63, 3.8) is 0 Å². The fraction of sp³-hybridized carbons (Fsp3) is 0.588. The maximum Gasteiger partial charge on any atom is 0.314 e. The number of hydrogen-bond donors (Lipinski definition) is 1. The van der Waals surface area contributed by atoms with Gasteiger partial charge in [0.25, 0.3) is 0 Å². The molecule has 0 bridgehead atoms. The van der Waals surface area contributed by atoms with Gasteiger partial charge in [0.15, 0.2) is 0 Å². The number of benzene rings is 1. The number of quaternary nitrogens is 1. The highest BCUT2D eigenvalue weighted by Crippen LogP contribution is 2.32. The van der Waals surface area contributed by atoms with Crippen LogP contribution in [0.5, 0.6) is 11.5 Å². The van der Waals surface area contributed by atoms with Gasteiger partial charge in [0.1, 0.15) is 24.0 Å². The summed E-state index contributed by atoms with van der Waals surface area (Å²) in [5.74, 6) is 1.51. The second-order valence-corrected chi connectivity index (χ2v) is 6.63. The molecule has 1 aromatic rings. The lowest BCUT2D eigenvalue weighted by Crippen LogP contribution is -3.12. The Bertz CT molecular complexity index is 550. The van der Waals surface area contributed by atoms with Gasteiger partial charge in [0, 0.05) is 11.6 Å². The third-order valence-corrected chi connectivity index (χ3v) is 4.85. The van der Waals surface area contributed by atoms with Crippen LogP contribution in [0.4, 0.5) is 0 Å². The van der Waals surface area contributed by atoms with Crippen LogP contribution in [0.15, 0.2) is 16.6 Å². The molecule has 5 nitrogen and oxygen atoms in total. The topological polar surface area (TPSA) is 49.2 Å². The molecule has 0 saturated carbocycles. The van der Waals surface area contributed by atoms with Crippen LogP contribution < -0.4 is 14.4 Å². The monoisotopic (exact) mass is 386 g/mol. The summed E-state index contributed by atoms with van der Waals surface area (Å²) < 4.78 is 16.9. The summed E-state index contributed by atoms with van der Waals surface area (Å²) in [6.07, 6.45) is 1.96. The molecule has 0 spiro atoms. The molecule has 6 heteroatoms. The number of hydrogen-bond acceptors (Lipinski definition) is 4. The van der Waals surface area contributed by atoms with Crippen molar-refractivity contribution >= 4 is 21.9 Å². The van der Waals surface area contributed by atoms with Gasteiger partial charge in [-0.3, -0.25) is 4.79 Å².